The number of oxime groups is 1. The highest BCUT2D eigenvalue weighted by Crippen LogP contribution is 2.30. The highest BCUT2D eigenvalue weighted by atomic mass is 16.6. The average Bonchev–Trinajstić information content (AvgIpc) is 3.22. The Hall–Kier alpha value is -3.99. The number of hydrogen-bond donors (Lipinski definition) is 0. The lowest BCUT2D eigenvalue weighted by Crippen LogP contribution is -2.02. The molecule has 0 fully saturated rings. The molecule has 5 nitrogen and oxygen atoms in total. The Morgan fingerprint density at radius 1 is 0.818 bits per heavy atom. The standard InChI is InChI=1S/C28H28N2O3/c1-20(29-33-19-22-10-14-25(31-3)15-11-22)27-18-28(23-8-6-5-7-9-23)30(21(27)2)24-12-16-26(32-4)17-13-24/h5-18H,19H2,1-4H3/b29-20-. The quantitative estimate of drug-likeness (QED) is 0.235. The maximum Gasteiger partial charge on any atom is 0.142 e. The third kappa shape index (κ3) is 4.93. The van der Waals surface area contributed by atoms with Gasteiger partial charge in [-0.3, -0.25) is 0 Å². The first kappa shape index (κ1) is 22.2. The molecule has 0 N–H and O–H groups in total. The summed E-state index contributed by atoms with van der Waals surface area (Å²) in [7, 11) is 3.33. The van der Waals surface area contributed by atoms with E-state index in [0.29, 0.717) is 6.61 Å². The van der Waals surface area contributed by atoms with Gasteiger partial charge in [-0.1, -0.05) is 47.6 Å². The van der Waals surface area contributed by atoms with E-state index in [4.69, 9.17) is 14.3 Å². The van der Waals surface area contributed by atoms with Crippen LogP contribution in [0.15, 0.2) is 90.1 Å². The van der Waals surface area contributed by atoms with Gasteiger partial charge in [-0.2, -0.15) is 0 Å². The van der Waals surface area contributed by atoms with Crippen LogP contribution in [0.4, 0.5) is 0 Å². The maximum absolute atomic E-state index is 5.68. The second-order valence-electron chi connectivity index (χ2n) is 7.73. The van der Waals surface area contributed by atoms with Gasteiger partial charge in [0.25, 0.3) is 0 Å². The normalized spacial score (nSPS) is 11.3. The molecule has 0 saturated carbocycles. The molecule has 168 valence electrons. The van der Waals surface area contributed by atoms with Crippen LogP contribution in [0.5, 0.6) is 11.5 Å². The van der Waals surface area contributed by atoms with Crippen molar-refractivity contribution in [3.8, 4) is 28.4 Å². The zero-order valence-corrected chi connectivity index (χ0v) is 19.4. The van der Waals surface area contributed by atoms with E-state index in [2.05, 4.69) is 59.1 Å². The van der Waals surface area contributed by atoms with Gasteiger partial charge in [0.2, 0.25) is 0 Å². The number of ether oxygens (including phenoxy) is 2. The molecule has 0 aliphatic heterocycles. The molecular weight excluding hydrogens is 412 g/mol. The highest BCUT2D eigenvalue weighted by molar-refractivity contribution is 6.01. The molecule has 33 heavy (non-hydrogen) atoms. The molecule has 3 aromatic carbocycles. The van der Waals surface area contributed by atoms with Gasteiger partial charge in [0.15, 0.2) is 0 Å². The van der Waals surface area contributed by atoms with Gasteiger partial charge in [-0.25, -0.2) is 0 Å². The van der Waals surface area contributed by atoms with Gasteiger partial charge in [-0.15, -0.1) is 0 Å². The van der Waals surface area contributed by atoms with Crippen LogP contribution in [0.2, 0.25) is 0 Å². The van der Waals surface area contributed by atoms with E-state index < -0.39 is 0 Å². The van der Waals surface area contributed by atoms with Crippen LogP contribution in [-0.2, 0) is 11.4 Å². The molecule has 0 saturated heterocycles. The lowest BCUT2D eigenvalue weighted by Gasteiger charge is -2.13. The number of hydrogen-bond acceptors (Lipinski definition) is 4. The minimum Gasteiger partial charge on any atom is -0.497 e. The summed E-state index contributed by atoms with van der Waals surface area (Å²) in [5.74, 6) is 1.65. The Bertz CT molecular complexity index is 1220. The summed E-state index contributed by atoms with van der Waals surface area (Å²) >= 11 is 0. The van der Waals surface area contributed by atoms with Crippen LogP contribution in [0, 0.1) is 6.92 Å². The average molecular weight is 441 g/mol. The summed E-state index contributed by atoms with van der Waals surface area (Å²) in [6, 6.07) is 28.4. The number of rotatable bonds is 8. The van der Waals surface area contributed by atoms with Crippen LogP contribution in [0.3, 0.4) is 0 Å². The van der Waals surface area contributed by atoms with Crippen molar-refractivity contribution in [1.29, 1.82) is 0 Å². The lowest BCUT2D eigenvalue weighted by molar-refractivity contribution is 0.130. The lowest BCUT2D eigenvalue weighted by atomic mass is 10.1. The van der Waals surface area contributed by atoms with E-state index in [9.17, 15) is 0 Å². The van der Waals surface area contributed by atoms with E-state index in [0.717, 1.165) is 51.0 Å². The Kier molecular flexibility index (Phi) is 6.79. The third-order valence-electron chi connectivity index (χ3n) is 5.63. The smallest absolute Gasteiger partial charge is 0.142 e. The molecule has 0 unspecified atom stereocenters. The fourth-order valence-corrected chi connectivity index (χ4v) is 3.83. The molecular formula is C28H28N2O3. The van der Waals surface area contributed by atoms with E-state index in [1.807, 2.05) is 49.4 Å². The van der Waals surface area contributed by atoms with Crippen molar-refractivity contribution in [3.63, 3.8) is 0 Å². The first-order valence-corrected chi connectivity index (χ1v) is 10.8. The number of aromatic nitrogens is 1. The molecule has 0 bridgehead atoms. The largest absolute Gasteiger partial charge is 0.497 e. The van der Waals surface area contributed by atoms with E-state index in [1.165, 1.54) is 0 Å². The van der Waals surface area contributed by atoms with Crippen LogP contribution in [0.25, 0.3) is 16.9 Å². The van der Waals surface area contributed by atoms with Crippen molar-refractivity contribution in [3.05, 3.63) is 102 Å². The molecule has 0 spiro atoms. The van der Waals surface area contributed by atoms with Crippen LogP contribution >= 0.6 is 0 Å². The third-order valence-corrected chi connectivity index (χ3v) is 5.63. The topological polar surface area (TPSA) is 45.0 Å². The first-order chi connectivity index (χ1) is 16.1. The summed E-state index contributed by atoms with van der Waals surface area (Å²) in [5.41, 5.74) is 7.28. The van der Waals surface area contributed by atoms with Gasteiger partial charge in [0, 0.05) is 16.9 Å². The summed E-state index contributed by atoms with van der Waals surface area (Å²) in [5, 5.41) is 4.41. The van der Waals surface area contributed by atoms with Crippen molar-refractivity contribution in [2.75, 3.05) is 14.2 Å². The van der Waals surface area contributed by atoms with Crippen molar-refractivity contribution in [1.82, 2.24) is 4.57 Å². The van der Waals surface area contributed by atoms with Gasteiger partial charge in [-0.05, 0) is 67.4 Å². The summed E-state index contributed by atoms with van der Waals surface area (Å²) in [6.45, 7) is 4.48. The van der Waals surface area contributed by atoms with Crippen molar-refractivity contribution in [2.24, 2.45) is 5.16 Å². The SMILES string of the molecule is COc1ccc(CO/N=C(/C)c2cc(-c3ccccc3)n(-c3ccc(OC)cc3)c2C)cc1. The van der Waals surface area contributed by atoms with Gasteiger partial charge >= 0.3 is 0 Å². The summed E-state index contributed by atoms with van der Waals surface area (Å²) < 4.78 is 12.8. The maximum atomic E-state index is 5.68. The number of methoxy groups -OCH3 is 2. The molecule has 0 amide bonds. The molecule has 0 atom stereocenters. The summed E-state index contributed by atoms with van der Waals surface area (Å²) in [6.07, 6.45) is 0. The van der Waals surface area contributed by atoms with Crippen LogP contribution in [-0.4, -0.2) is 24.5 Å². The number of nitrogens with zero attached hydrogens (tertiary/aromatic N) is 2. The molecule has 1 aromatic heterocycles. The molecule has 0 radical (unpaired) electrons. The molecule has 0 aliphatic rings. The predicted octanol–water partition coefficient (Wildman–Crippen LogP) is 6.41. The Labute approximate surface area is 194 Å². The van der Waals surface area contributed by atoms with Crippen molar-refractivity contribution in [2.45, 2.75) is 20.5 Å². The molecule has 1 heterocycles. The zero-order chi connectivity index (χ0) is 23.2. The van der Waals surface area contributed by atoms with Gasteiger partial charge < -0.3 is 18.9 Å². The molecule has 4 aromatic rings. The van der Waals surface area contributed by atoms with Gasteiger partial charge in [0.05, 0.1) is 25.6 Å². The fourth-order valence-electron chi connectivity index (χ4n) is 3.83. The van der Waals surface area contributed by atoms with Crippen LogP contribution in [0.1, 0.15) is 23.7 Å². The zero-order valence-electron chi connectivity index (χ0n) is 19.4. The monoisotopic (exact) mass is 440 g/mol. The van der Waals surface area contributed by atoms with Crippen molar-refractivity contribution < 1.29 is 14.3 Å². The molecule has 5 heteroatoms. The van der Waals surface area contributed by atoms with Gasteiger partial charge in [0.1, 0.15) is 18.1 Å². The predicted molar refractivity (Wildman–Crippen MR) is 132 cm³/mol. The van der Waals surface area contributed by atoms with E-state index in [-0.39, 0.29) is 0 Å². The second-order valence-corrected chi connectivity index (χ2v) is 7.73. The Morgan fingerprint density at radius 2 is 1.42 bits per heavy atom. The first-order valence-electron chi connectivity index (χ1n) is 10.8. The summed E-state index contributed by atoms with van der Waals surface area (Å²) in [4.78, 5) is 5.68. The molecule has 4 rings (SSSR count). The van der Waals surface area contributed by atoms with Crippen molar-refractivity contribution >= 4 is 5.71 Å². The highest BCUT2D eigenvalue weighted by Gasteiger charge is 2.17. The Balaban J connectivity index is 1.65. The van der Waals surface area contributed by atoms with E-state index in [1.54, 1.807) is 14.2 Å². The second kappa shape index (κ2) is 10.1. The number of benzene rings is 3. The minimum absolute atomic E-state index is 0.394. The van der Waals surface area contributed by atoms with Crippen LogP contribution < -0.4 is 9.47 Å². The van der Waals surface area contributed by atoms with E-state index >= 15 is 0 Å². The minimum atomic E-state index is 0.394. The fraction of sp³-hybridized carbons (Fsp3) is 0.179. The molecule has 0 aliphatic carbocycles. The Morgan fingerprint density at radius 3 is 2.03 bits per heavy atom.